The highest BCUT2D eigenvalue weighted by molar-refractivity contribution is 5.93. The number of nitrogens with one attached hydrogen (secondary N) is 2. The SMILES string of the molecule is Cc1ccc(-c2cc(C(=O)N[C@H]3CCCCC[C@H]3C(=O)O)n[nH]2)o1. The van der Waals surface area contributed by atoms with Crippen LogP contribution in [0.1, 0.15) is 48.4 Å². The van der Waals surface area contributed by atoms with Crippen LogP contribution >= 0.6 is 0 Å². The van der Waals surface area contributed by atoms with E-state index in [1.165, 1.54) is 0 Å². The fraction of sp³-hybridized carbons (Fsp3) is 0.471. The molecule has 0 unspecified atom stereocenters. The molecule has 3 rings (SSSR count). The molecule has 0 aromatic carbocycles. The van der Waals surface area contributed by atoms with Gasteiger partial charge in [0.15, 0.2) is 11.5 Å². The van der Waals surface area contributed by atoms with Crippen molar-refractivity contribution in [1.82, 2.24) is 15.5 Å². The summed E-state index contributed by atoms with van der Waals surface area (Å²) in [5, 5.41) is 19.0. The maximum atomic E-state index is 12.4. The van der Waals surface area contributed by atoms with Crippen molar-refractivity contribution >= 4 is 11.9 Å². The number of aryl methyl sites for hydroxylation is 1. The fourth-order valence-electron chi connectivity index (χ4n) is 3.16. The summed E-state index contributed by atoms with van der Waals surface area (Å²) in [5.74, 6) is -0.372. The molecule has 2 aromatic rings. The largest absolute Gasteiger partial charge is 0.481 e. The first-order chi connectivity index (χ1) is 11.5. The van der Waals surface area contributed by atoms with E-state index in [0.717, 1.165) is 25.0 Å². The number of hydrogen-bond donors (Lipinski definition) is 3. The molecule has 2 aromatic heterocycles. The van der Waals surface area contributed by atoms with Crippen molar-refractivity contribution in [2.75, 3.05) is 0 Å². The number of H-pyrrole nitrogens is 1. The minimum atomic E-state index is -0.851. The minimum absolute atomic E-state index is 0.229. The molecule has 7 nitrogen and oxygen atoms in total. The zero-order valence-corrected chi connectivity index (χ0v) is 13.5. The highest BCUT2D eigenvalue weighted by atomic mass is 16.4. The van der Waals surface area contributed by atoms with Gasteiger partial charge in [-0.25, -0.2) is 0 Å². The third-order valence-corrected chi connectivity index (χ3v) is 4.47. The molecule has 0 radical (unpaired) electrons. The molecule has 0 saturated heterocycles. The summed E-state index contributed by atoms with van der Waals surface area (Å²) >= 11 is 0. The number of carboxylic acid groups (broad SMARTS) is 1. The van der Waals surface area contributed by atoms with Crippen molar-refractivity contribution in [3.05, 3.63) is 29.7 Å². The molecule has 2 atom stereocenters. The maximum Gasteiger partial charge on any atom is 0.308 e. The number of rotatable bonds is 4. The van der Waals surface area contributed by atoms with Crippen LogP contribution in [0.2, 0.25) is 0 Å². The number of aliphatic carboxylic acids is 1. The van der Waals surface area contributed by atoms with Gasteiger partial charge in [0.1, 0.15) is 11.5 Å². The lowest BCUT2D eigenvalue weighted by atomic mass is 9.95. The van der Waals surface area contributed by atoms with Crippen LogP contribution in [0.3, 0.4) is 0 Å². The molecule has 3 N–H and O–H groups in total. The lowest BCUT2D eigenvalue weighted by molar-refractivity contribution is -0.142. The van der Waals surface area contributed by atoms with E-state index < -0.39 is 11.9 Å². The van der Waals surface area contributed by atoms with Crippen LogP contribution in [0.5, 0.6) is 0 Å². The molecule has 1 amide bonds. The summed E-state index contributed by atoms with van der Waals surface area (Å²) in [6, 6.07) is 4.89. The number of hydrogen-bond acceptors (Lipinski definition) is 4. The van der Waals surface area contributed by atoms with Crippen LogP contribution in [0, 0.1) is 12.8 Å². The van der Waals surface area contributed by atoms with Crippen LogP contribution < -0.4 is 5.32 Å². The second kappa shape index (κ2) is 6.90. The summed E-state index contributed by atoms with van der Waals surface area (Å²) in [6.07, 6.45) is 4.08. The number of carboxylic acids is 1. The molecule has 1 aliphatic carbocycles. The summed E-state index contributed by atoms with van der Waals surface area (Å²) in [7, 11) is 0. The first-order valence-corrected chi connectivity index (χ1v) is 8.20. The molecule has 1 aliphatic rings. The van der Waals surface area contributed by atoms with Crippen LogP contribution in [0.4, 0.5) is 0 Å². The summed E-state index contributed by atoms with van der Waals surface area (Å²) < 4.78 is 5.50. The van der Waals surface area contributed by atoms with E-state index in [-0.39, 0.29) is 17.6 Å². The Morgan fingerprint density at radius 3 is 2.79 bits per heavy atom. The Morgan fingerprint density at radius 1 is 1.29 bits per heavy atom. The molecule has 24 heavy (non-hydrogen) atoms. The number of nitrogens with zero attached hydrogens (tertiary/aromatic N) is 1. The second-order valence-corrected chi connectivity index (χ2v) is 6.24. The molecule has 7 heteroatoms. The number of carbonyl (C=O) groups excluding carboxylic acids is 1. The predicted octanol–water partition coefficient (Wildman–Crippen LogP) is 2.74. The average Bonchev–Trinajstić information content (AvgIpc) is 3.12. The van der Waals surface area contributed by atoms with Crippen LogP contribution in [-0.2, 0) is 4.79 Å². The zero-order valence-electron chi connectivity index (χ0n) is 13.5. The Kier molecular flexibility index (Phi) is 4.69. The molecule has 0 bridgehead atoms. The van der Waals surface area contributed by atoms with Gasteiger partial charge in [0.25, 0.3) is 5.91 Å². The Hall–Kier alpha value is -2.57. The van der Waals surface area contributed by atoms with Gasteiger partial charge in [0.05, 0.1) is 5.92 Å². The lowest BCUT2D eigenvalue weighted by Crippen LogP contribution is -2.43. The lowest BCUT2D eigenvalue weighted by Gasteiger charge is -2.22. The van der Waals surface area contributed by atoms with Gasteiger partial charge in [-0.2, -0.15) is 5.10 Å². The van der Waals surface area contributed by atoms with Gasteiger partial charge < -0.3 is 14.8 Å². The first kappa shape index (κ1) is 16.3. The summed E-state index contributed by atoms with van der Waals surface area (Å²) in [4.78, 5) is 23.9. The number of furan rings is 1. The van der Waals surface area contributed by atoms with Crippen molar-refractivity contribution < 1.29 is 19.1 Å². The van der Waals surface area contributed by atoms with E-state index in [0.29, 0.717) is 24.3 Å². The van der Waals surface area contributed by atoms with Crippen molar-refractivity contribution in [2.45, 2.75) is 45.1 Å². The van der Waals surface area contributed by atoms with Crippen LogP contribution in [-0.4, -0.2) is 33.2 Å². The second-order valence-electron chi connectivity index (χ2n) is 6.24. The molecule has 128 valence electrons. The first-order valence-electron chi connectivity index (χ1n) is 8.20. The number of carbonyl (C=O) groups is 2. The Balaban J connectivity index is 1.72. The molecule has 1 saturated carbocycles. The highest BCUT2D eigenvalue weighted by Gasteiger charge is 2.31. The van der Waals surface area contributed by atoms with Gasteiger partial charge in [-0.1, -0.05) is 19.3 Å². The standard InChI is InChI=1S/C17H21N3O4/c1-10-7-8-15(24-10)13-9-14(20-19-13)16(21)18-12-6-4-2-3-5-11(12)17(22)23/h7-9,11-12H,2-6H2,1H3,(H,18,21)(H,19,20)(H,22,23)/t11-,12+/m1/s1. The maximum absolute atomic E-state index is 12.4. The van der Waals surface area contributed by atoms with E-state index in [1.807, 2.05) is 13.0 Å². The topological polar surface area (TPSA) is 108 Å². The monoisotopic (exact) mass is 331 g/mol. The van der Waals surface area contributed by atoms with Crippen molar-refractivity contribution in [2.24, 2.45) is 5.92 Å². The summed E-state index contributed by atoms with van der Waals surface area (Å²) in [6.45, 7) is 1.84. The molecular weight excluding hydrogens is 310 g/mol. The normalized spacial score (nSPS) is 21.2. The molecule has 0 spiro atoms. The number of amides is 1. The van der Waals surface area contributed by atoms with Gasteiger partial charge in [0, 0.05) is 12.1 Å². The molecular formula is C17H21N3O4. The van der Waals surface area contributed by atoms with Gasteiger partial charge in [0.2, 0.25) is 0 Å². The average molecular weight is 331 g/mol. The summed E-state index contributed by atoms with van der Waals surface area (Å²) in [5.41, 5.74) is 0.844. The van der Waals surface area contributed by atoms with Crippen molar-refractivity contribution in [1.29, 1.82) is 0 Å². The predicted molar refractivity (Wildman–Crippen MR) is 86.5 cm³/mol. The van der Waals surface area contributed by atoms with E-state index in [1.54, 1.807) is 12.1 Å². The van der Waals surface area contributed by atoms with Crippen LogP contribution in [0.15, 0.2) is 22.6 Å². The Morgan fingerprint density at radius 2 is 2.08 bits per heavy atom. The Bertz CT molecular complexity index is 734. The van der Waals surface area contributed by atoms with Crippen LogP contribution in [0.25, 0.3) is 11.5 Å². The zero-order chi connectivity index (χ0) is 17.1. The van der Waals surface area contributed by atoms with Crippen molar-refractivity contribution in [3.8, 4) is 11.5 Å². The third kappa shape index (κ3) is 3.50. The fourth-order valence-corrected chi connectivity index (χ4v) is 3.16. The number of aromatic nitrogens is 2. The molecule has 2 heterocycles. The Labute approximate surface area is 139 Å². The number of aromatic amines is 1. The highest BCUT2D eigenvalue weighted by Crippen LogP contribution is 2.25. The minimum Gasteiger partial charge on any atom is -0.481 e. The van der Waals surface area contributed by atoms with Gasteiger partial charge in [-0.15, -0.1) is 0 Å². The van der Waals surface area contributed by atoms with E-state index in [9.17, 15) is 14.7 Å². The smallest absolute Gasteiger partial charge is 0.308 e. The third-order valence-electron chi connectivity index (χ3n) is 4.47. The van der Waals surface area contributed by atoms with Crippen molar-refractivity contribution in [3.63, 3.8) is 0 Å². The van der Waals surface area contributed by atoms with Gasteiger partial charge in [-0.3, -0.25) is 14.7 Å². The molecule has 1 fully saturated rings. The van der Waals surface area contributed by atoms with Gasteiger partial charge >= 0.3 is 5.97 Å². The quantitative estimate of drug-likeness (QED) is 0.747. The van der Waals surface area contributed by atoms with Gasteiger partial charge in [-0.05, 0) is 31.9 Å². The molecule has 0 aliphatic heterocycles. The van der Waals surface area contributed by atoms with E-state index >= 15 is 0 Å². The van der Waals surface area contributed by atoms with E-state index in [4.69, 9.17) is 4.42 Å². The van der Waals surface area contributed by atoms with E-state index in [2.05, 4.69) is 15.5 Å².